The summed E-state index contributed by atoms with van der Waals surface area (Å²) in [5, 5.41) is 11.7. The van der Waals surface area contributed by atoms with Gasteiger partial charge in [0, 0.05) is 10.9 Å². The molecule has 0 spiro atoms. The lowest BCUT2D eigenvalue weighted by Crippen LogP contribution is -2.33. The molecule has 1 atom stereocenters. The van der Waals surface area contributed by atoms with Crippen LogP contribution >= 0.6 is 39.1 Å². The predicted molar refractivity (Wildman–Crippen MR) is 99.9 cm³/mol. The summed E-state index contributed by atoms with van der Waals surface area (Å²) in [5.74, 6) is 0. The maximum Gasteiger partial charge on any atom is 0.140 e. The van der Waals surface area contributed by atoms with Crippen molar-refractivity contribution in [1.29, 1.82) is 0 Å². The van der Waals surface area contributed by atoms with Gasteiger partial charge < -0.3 is 5.11 Å². The zero-order valence-electron chi connectivity index (χ0n) is 12.2. The highest BCUT2D eigenvalue weighted by atomic mass is 79.9. The summed E-state index contributed by atoms with van der Waals surface area (Å²) in [6.45, 7) is 0. The molecule has 0 radical (unpaired) electrons. The minimum atomic E-state index is -1.29. The van der Waals surface area contributed by atoms with Crippen molar-refractivity contribution in [3.63, 3.8) is 0 Å². The highest BCUT2D eigenvalue weighted by Gasteiger charge is 2.40. The molecule has 0 heterocycles. The Balaban J connectivity index is 2.19. The lowest BCUT2D eigenvalue weighted by atomic mass is 9.77. The maximum atomic E-state index is 11.7. The number of alkyl halides is 2. The Labute approximate surface area is 154 Å². The largest absolute Gasteiger partial charge is 0.376 e. The average Bonchev–Trinajstić information content (AvgIpc) is 2.54. The Morgan fingerprint density at radius 3 is 2.35 bits per heavy atom. The van der Waals surface area contributed by atoms with Gasteiger partial charge in [-0.2, -0.15) is 0 Å². The van der Waals surface area contributed by atoms with Gasteiger partial charge in [0.25, 0.3) is 0 Å². The smallest absolute Gasteiger partial charge is 0.140 e. The van der Waals surface area contributed by atoms with Gasteiger partial charge in [-0.1, -0.05) is 93.7 Å². The van der Waals surface area contributed by atoms with Crippen LogP contribution in [0.4, 0.5) is 0 Å². The Hall–Kier alpha value is -1.06. The van der Waals surface area contributed by atoms with Crippen LogP contribution in [0.3, 0.4) is 0 Å². The van der Waals surface area contributed by atoms with Crippen LogP contribution < -0.4 is 0 Å². The zero-order valence-corrected chi connectivity index (χ0v) is 15.3. The number of hydrogen-bond donors (Lipinski definition) is 1. The SMILES string of the molecule is O[C@](C1=CC=CC(Cl)(Cl)C1)(c1ccccc1)c1cccc(Br)c1. The van der Waals surface area contributed by atoms with E-state index in [-0.39, 0.29) is 0 Å². The number of benzene rings is 2. The minimum Gasteiger partial charge on any atom is -0.376 e. The van der Waals surface area contributed by atoms with Crippen molar-refractivity contribution in [2.75, 3.05) is 0 Å². The molecule has 1 N–H and O–H groups in total. The minimum absolute atomic E-state index is 0.352. The predicted octanol–water partition coefficient (Wildman–Crippen LogP) is 5.75. The van der Waals surface area contributed by atoms with E-state index in [1.165, 1.54) is 0 Å². The number of aliphatic hydroxyl groups is 1. The monoisotopic (exact) mass is 408 g/mol. The highest BCUT2D eigenvalue weighted by molar-refractivity contribution is 9.10. The molecule has 0 fully saturated rings. The van der Waals surface area contributed by atoms with E-state index in [1.54, 1.807) is 12.2 Å². The van der Waals surface area contributed by atoms with Crippen molar-refractivity contribution in [3.8, 4) is 0 Å². The summed E-state index contributed by atoms with van der Waals surface area (Å²) in [6.07, 6.45) is 5.76. The molecule has 0 saturated heterocycles. The normalized spacial score (nSPS) is 19.0. The topological polar surface area (TPSA) is 20.2 Å². The van der Waals surface area contributed by atoms with E-state index < -0.39 is 9.93 Å². The molecule has 2 aromatic rings. The van der Waals surface area contributed by atoms with Gasteiger partial charge in [-0.15, -0.1) is 0 Å². The third-order valence-corrected chi connectivity index (χ3v) is 4.97. The standard InChI is InChI=1S/C19H15BrCl2O/c20-17-10-4-8-15(12-17)19(23,14-6-2-1-3-7-14)16-9-5-11-18(21,22)13-16/h1-12,23H,13H2/t19-/m1/s1. The molecule has 0 saturated carbocycles. The summed E-state index contributed by atoms with van der Waals surface area (Å²) >= 11 is 16.1. The molecule has 1 aliphatic carbocycles. The second-order valence-electron chi connectivity index (χ2n) is 5.58. The van der Waals surface area contributed by atoms with Crippen LogP contribution in [0, 0.1) is 0 Å². The summed E-state index contributed by atoms with van der Waals surface area (Å²) in [5.41, 5.74) is 1.02. The fraction of sp³-hybridized carbons (Fsp3) is 0.158. The van der Waals surface area contributed by atoms with E-state index in [2.05, 4.69) is 15.9 Å². The molecule has 3 rings (SSSR count). The molecule has 0 unspecified atom stereocenters. The fourth-order valence-electron chi connectivity index (χ4n) is 2.86. The Bertz CT molecular complexity index is 768. The first-order valence-electron chi connectivity index (χ1n) is 7.22. The summed E-state index contributed by atoms with van der Waals surface area (Å²) < 4.78 is -0.113. The Morgan fingerprint density at radius 2 is 1.70 bits per heavy atom. The third kappa shape index (κ3) is 3.41. The van der Waals surface area contributed by atoms with Gasteiger partial charge in [0.05, 0.1) is 0 Å². The first kappa shape index (κ1) is 16.8. The van der Waals surface area contributed by atoms with Gasteiger partial charge in [0.15, 0.2) is 0 Å². The molecule has 4 heteroatoms. The first-order chi connectivity index (χ1) is 10.9. The maximum absolute atomic E-state index is 11.7. The molecule has 0 amide bonds. The van der Waals surface area contributed by atoms with E-state index in [1.807, 2.05) is 60.7 Å². The van der Waals surface area contributed by atoms with Gasteiger partial charge in [-0.3, -0.25) is 0 Å². The molecule has 23 heavy (non-hydrogen) atoms. The molecule has 1 aliphatic rings. The molecule has 0 aromatic heterocycles. The molecule has 1 nitrogen and oxygen atoms in total. The van der Waals surface area contributed by atoms with E-state index in [4.69, 9.17) is 23.2 Å². The van der Waals surface area contributed by atoms with Crippen LogP contribution in [-0.4, -0.2) is 9.44 Å². The van der Waals surface area contributed by atoms with Crippen molar-refractivity contribution in [3.05, 3.63) is 94.0 Å². The Kier molecular flexibility index (Phi) is 4.70. The molecular formula is C19H15BrCl2O. The third-order valence-electron chi connectivity index (χ3n) is 3.96. The number of rotatable bonds is 3. The van der Waals surface area contributed by atoms with Gasteiger partial charge in [-0.25, -0.2) is 0 Å². The summed E-state index contributed by atoms with van der Waals surface area (Å²) in [7, 11) is 0. The highest BCUT2D eigenvalue weighted by Crippen LogP contribution is 2.45. The van der Waals surface area contributed by atoms with Gasteiger partial charge >= 0.3 is 0 Å². The Morgan fingerprint density at radius 1 is 1.00 bits per heavy atom. The van der Waals surface area contributed by atoms with E-state index >= 15 is 0 Å². The lowest BCUT2D eigenvalue weighted by Gasteiger charge is -2.35. The van der Waals surface area contributed by atoms with E-state index in [0.717, 1.165) is 21.2 Å². The zero-order chi connectivity index (χ0) is 16.5. The van der Waals surface area contributed by atoms with Crippen molar-refractivity contribution in [2.45, 2.75) is 16.4 Å². The van der Waals surface area contributed by atoms with Crippen molar-refractivity contribution >= 4 is 39.1 Å². The first-order valence-corrected chi connectivity index (χ1v) is 8.77. The van der Waals surface area contributed by atoms with Crippen LogP contribution in [0.5, 0.6) is 0 Å². The average molecular weight is 410 g/mol. The molecule has 118 valence electrons. The lowest BCUT2D eigenvalue weighted by molar-refractivity contribution is 0.116. The van der Waals surface area contributed by atoms with Crippen LogP contribution in [0.25, 0.3) is 0 Å². The van der Waals surface area contributed by atoms with Crippen LogP contribution in [0.1, 0.15) is 17.5 Å². The fourth-order valence-corrected chi connectivity index (χ4v) is 3.69. The molecule has 0 bridgehead atoms. The van der Waals surface area contributed by atoms with Crippen LogP contribution in [0.15, 0.2) is 82.9 Å². The van der Waals surface area contributed by atoms with E-state index in [0.29, 0.717) is 6.42 Å². The van der Waals surface area contributed by atoms with Crippen LogP contribution in [-0.2, 0) is 5.60 Å². The van der Waals surface area contributed by atoms with Gasteiger partial charge in [-0.05, 0) is 34.9 Å². The second kappa shape index (κ2) is 6.45. The van der Waals surface area contributed by atoms with Crippen molar-refractivity contribution in [1.82, 2.24) is 0 Å². The van der Waals surface area contributed by atoms with Crippen molar-refractivity contribution in [2.24, 2.45) is 0 Å². The number of hydrogen-bond acceptors (Lipinski definition) is 1. The summed E-state index contributed by atoms with van der Waals surface area (Å²) in [4.78, 5) is 0. The second-order valence-corrected chi connectivity index (χ2v) is 8.03. The van der Waals surface area contributed by atoms with Crippen LogP contribution in [0.2, 0.25) is 0 Å². The van der Waals surface area contributed by atoms with Gasteiger partial charge in [0.1, 0.15) is 9.93 Å². The quantitative estimate of drug-likeness (QED) is 0.640. The molecule has 0 aliphatic heterocycles. The van der Waals surface area contributed by atoms with E-state index in [9.17, 15) is 5.11 Å². The number of halogens is 3. The number of allylic oxidation sites excluding steroid dienone is 3. The van der Waals surface area contributed by atoms with Gasteiger partial charge in [0.2, 0.25) is 0 Å². The molecule has 2 aromatic carbocycles. The molecular weight excluding hydrogens is 395 g/mol. The van der Waals surface area contributed by atoms with Crippen molar-refractivity contribution < 1.29 is 5.11 Å². The summed E-state index contributed by atoms with van der Waals surface area (Å²) in [6, 6.07) is 17.2.